The maximum Gasteiger partial charge on any atom is 0.384 e. The van der Waals surface area contributed by atoms with E-state index in [1.807, 2.05) is 42.5 Å². The van der Waals surface area contributed by atoms with Gasteiger partial charge in [-0.15, -0.1) is 6.42 Å². The van der Waals surface area contributed by atoms with Gasteiger partial charge in [0.25, 0.3) is 0 Å². The molecule has 0 amide bonds. The van der Waals surface area contributed by atoms with Crippen molar-refractivity contribution in [3.05, 3.63) is 42.5 Å². The standard InChI is InChI=1S/C16H14O4/c1-2-16(18)20-11-13(17)10-19-15-9-5-7-12-6-3-4-8-14(12)15/h1,3-9,13,17H,10-11H2. The molecule has 0 fully saturated rings. The van der Waals surface area contributed by atoms with Crippen molar-refractivity contribution in [1.82, 2.24) is 0 Å². The Hall–Kier alpha value is -2.51. The van der Waals surface area contributed by atoms with Gasteiger partial charge >= 0.3 is 5.97 Å². The van der Waals surface area contributed by atoms with Gasteiger partial charge in [-0.3, -0.25) is 0 Å². The number of benzene rings is 2. The van der Waals surface area contributed by atoms with Crippen LogP contribution in [0.2, 0.25) is 0 Å². The first-order valence-corrected chi connectivity index (χ1v) is 6.12. The normalized spacial score (nSPS) is 11.6. The minimum atomic E-state index is -0.925. The molecule has 0 radical (unpaired) electrons. The van der Waals surface area contributed by atoms with Crippen LogP contribution in [-0.4, -0.2) is 30.4 Å². The number of hydrogen-bond donors (Lipinski definition) is 1. The Labute approximate surface area is 116 Å². The number of hydrogen-bond acceptors (Lipinski definition) is 4. The van der Waals surface area contributed by atoms with E-state index in [1.165, 1.54) is 0 Å². The van der Waals surface area contributed by atoms with Crippen LogP contribution in [0.25, 0.3) is 10.8 Å². The van der Waals surface area contributed by atoms with Crippen molar-refractivity contribution in [3.8, 4) is 18.1 Å². The third kappa shape index (κ3) is 3.50. The molecule has 0 saturated carbocycles. The summed E-state index contributed by atoms with van der Waals surface area (Å²) in [6.45, 7) is -0.167. The number of esters is 1. The lowest BCUT2D eigenvalue weighted by Gasteiger charge is -2.13. The maximum atomic E-state index is 10.8. The average Bonchev–Trinajstić information content (AvgIpc) is 2.50. The van der Waals surface area contributed by atoms with Gasteiger partial charge in [-0.05, 0) is 11.5 Å². The average molecular weight is 270 g/mol. The number of carbonyl (C=O) groups excluding carboxylic acids is 1. The largest absolute Gasteiger partial charge is 0.490 e. The molecule has 4 heteroatoms. The van der Waals surface area contributed by atoms with E-state index in [0.717, 1.165) is 10.8 Å². The first-order valence-electron chi connectivity index (χ1n) is 6.12. The van der Waals surface area contributed by atoms with Crippen LogP contribution in [0.5, 0.6) is 5.75 Å². The number of rotatable bonds is 5. The molecular formula is C16H14O4. The van der Waals surface area contributed by atoms with Crippen molar-refractivity contribution in [2.24, 2.45) is 0 Å². The Morgan fingerprint density at radius 3 is 2.75 bits per heavy atom. The van der Waals surface area contributed by atoms with Crippen molar-refractivity contribution in [2.45, 2.75) is 6.10 Å². The van der Waals surface area contributed by atoms with Gasteiger partial charge in [0, 0.05) is 11.3 Å². The first kappa shape index (κ1) is 13.9. The van der Waals surface area contributed by atoms with E-state index >= 15 is 0 Å². The SMILES string of the molecule is C#CC(=O)OCC(O)COc1cccc2ccccc12. The van der Waals surface area contributed by atoms with Crippen molar-refractivity contribution in [1.29, 1.82) is 0 Å². The van der Waals surface area contributed by atoms with Crippen LogP contribution in [0, 0.1) is 12.3 Å². The van der Waals surface area contributed by atoms with Crippen molar-refractivity contribution >= 4 is 16.7 Å². The van der Waals surface area contributed by atoms with E-state index in [0.29, 0.717) is 5.75 Å². The predicted octanol–water partition coefficient (Wildman–Crippen LogP) is 1.76. The third-order valence-corrected chi connectivity index (χ3v) is 2.71. The summed E-state index contributed by atoms with van der Waals surface area (Å²) in [5, 5.41) is 11.7. The van der Waals surface area contributed by atoms with Gasteiger partial charge in [-0.25, -0.2) is 4.79 Å². The Morgan fingerprint density at radius 2 is 1.95 bits per heavy atom. The molecule has 0 heterocycles. The highest BCUT2D eigenvalue weighted by molar-refractivity contribution is 5.88. The number of fused-ring (bicyclic) bond motifs is 1. The van der Waals surface area contributed by atoms with Crippen LogP contribution >= 0.6 is 0 Å². The fraction of sp³-hybridized carbons (Fsp3) is 0.188. The van der Waals surface area contributed by atoms with Gasteiger partial charge in [-0.1, -0.05) is 36.4 Å². The fourth-order valence-corrected chi connectivity index (χ4v) is 1.77. The van der Waals surface area contributed by atoms with E-state index in [2.05, 4.69) is 4.74 Å². The Bertz CT molecular complexity index is 637. The van der Waals surface area contributed by atoms with Crippen molar-refractivity contribution in [3.63, 3.8) is 0 Å². The lowest BCUT2D eigenvalue weighted by Crippen LogP contribution is -2.24. The van der Waals surface area contributed by atoms with Crippen LogP contribution in [0.15, 0.2) is 42.5 Å². The summed E-state index contributed by atoms with van der Waals surface area (Å²) < 4.78 is 10.2. The van der Waals surface area contributed by atoms with Crippen LogP contribution in [0.3, 0.4) is 0 Å². The third-order valence-electron chi connectivity index (χ3n) is 2.71. The van der Waals surface area contributed by atoms with Gasteiger partial charge in [0.05, 0.1) is 0 Å². The lowest BCUT2D eigenvalue weighted by molar-refractivity contribution is -0.140. The molecule has 0 saturated heterocycles. The molecule has 102 valence electrons. The van der Waals surface area contributed by atoms with Crippen molar-refractivity contribution < 1.29 is 19.4 Å². The van der Waals surface area contributed by atoms with Crippen LogP contribution < -0.4 is 4.74 Å². The number of ether oxygens (including phenoxy) is 2. The smallest absolute Gasteiger partial charge is 0.384 e. The van der Waals surface area contributed by atoms with Gasteiger partial charge in [0.2, 0.25) is 0 Å². The Balaban J connectivity index is 1.96. The first-order chi connectivity index (χ1) is 9.70. The van der Waals surface area contributed by atoms with E-state index in [-0.39, 0.29) is 13.2 Å². The summed E-state index contributed by atoms with van der Waals surface area (Å²) in [5.74, 6) is 1.68. The van der Waals surface area contributed by atoms with Gasteiger partial charge in [-0.2, -0.15) is 0 Å². The molecule has 0 aromatic heterocycles. The highest BCUT2D eigenvalue weighted by atomic mass is 16.5. The topological polar surface area (TPSA) is 55.8 Å². The number of aliphatic hydroxyl groups excluding tert-OH is 1. The molecule has 20 heavy (non-hydrogen) atoms. The van der Waals surface area contributed by atoms with Crippen LogP contribution in [0.4, 0.5) is 0 Å². The Morgan fingerprint density at radius 1 is 1.20 bits per heavy atom. The zero-order valence-corrected chi connectivity index (χ0v) is 10.8. The quantitative estimate of drug-likeness (QED) is 0.511. The van der Waals surface area contributed by atoms with E-state index < -0.39 is 12.1 Å². The van der Waals surface area contributed by atoms with E-state index in [9.17, 15) is 9.90 Å². The summed E-state index contributed by atoms with van der Waals surface area (Å²) in [7, 11) is 0. The molecule has 0 aliphatic heterocycles. The van der Waals surface area contributed by atoms with Gasteiger partial charge in [0.1, 0.15) is 25.1 Å². The second kappa shape index (κ2) is 6.60. The molecule has 0 aliphatic carbocycles. The number of aliphatic hydroxyl groups is 1. The van der Waals surface area contributed by atoms with Gasteiger partial charge < -0.3 is 14.6 Å². The number of terminal acetylenes is 1. The second-order valence-corrected chi connectivity index (χ2v) is 4.18. The van der Waals surface area contributed by atoms with E-state index in [4.69, 9.17) is 11.2 Å². The molecule has 1 unspecified atom stereocenters. The minimum absolute atomic E-state index is 0.0197. The molecule has 0 aliphatic rings. The lowest BCUT2D eigenvalue weighted by atomic mass is 10.1. The summed E-state index contributed by atoms with van der Waals surface area (Å²) in [6, 6.07) is 13.5. The molecule has 1 N–H and O–H groups in total. The molecule has 2 aromatic rings. The van der Waals surface area contributed by atoms with E-state index in [1.54, 1.807) is 5.92 Å². The monoisotopic (exact) mass is 270 g/mol. The zero-order valence-electron chi connectivity index (χ0n) is 10.8. The highest BCUT2D eigenvalue weighted by Crippen LogP contribution is 2.25. The summed E-state index contributed by atoms with van der Waals surface area (Å²) in [6.07, 6.45) is 3.92. The van der Waals surface area contributed by atoms with Gasteiger partial charge in [0.15, 0.2) is 0 Å². The molecule has 1 atom stereocenters. The molecule has 0 spiro atoms. The van der Waals surface area contributed by atoms with Crippen LogP contribution in [0.1, 0.15) is 0 Å². The molecular weight excluding hydrogens is 256 g/mol. The minimum Gasteiger partial charge on any atom is -0.490 e. The maximum absolute atomic E-state index is 10.8. The summed E-state index contributed by atoms with van der Waals surface area (Å²) in [5.41, 5.74) is 0. The fourth-order valence-electron chi connectivity index (χ4n) is 1.77. The molecule has 4 nitrogen and oxygen atoms in total. The van der Waals surface area contributed by atoms with Crippen LogP contribution in [-0.2, 0) is 9.53 Å². The Kier molecular flexibility index (Phi) is 4.59. The summed E-state index contributed by atoms with van der Waals surface area (Å²) >= 11 is 0. The molecule has 2 rings (SSSR count). The predicted molar refractivity (Wildman–Crippen MR) is 75.2 cm³/mol. The number of carbonyl (C=O) groups is 1. The second-order valence-electron chi connectivity index (χ2n) is 4.18. The van der Waals surface area contributed by atoms with Crippen molar-refractivity contribution in [2.75, 3.05) is 13.2 Å². The highest BCUT2D eigenvalue weighted by Gasteiger charge is 2.09. The zero-order chi connectivity index (χ0) is 14.4. The molecule has 2 aromatic carbocycles. The molecule has 0 bridgehead atoms. The summed E-state index contributed by atoms with van der Waals surface area (Å²) in [4.78, 5) is 10.8.